The quantitative estimate of drug-likeness (QED) is 0.631. The molecular formula is C18H18ClN3O2S2. The van der Waals surface area contributed by atoms with Gasteiger partial charge in [0.1, 0.15) is 16.5 Å². The number of fused-ring (bicyclic) bond motifs is 1. The molecule has 0 atom stereocenters. The molecule has 0 aliphatic carbocycles. The maximum atomic E-state index is 12.7. The molecule has 0 radical (unpaired) electrons. The summed E-state index contributed by atoms with van der Waals surface area (Å²) in [6, 6.07) is 5.74. The van der Waals surface area contributed by atoms with E-state index in [-0.39, 0.29) is 12.0 Å². The molecule has 3 heterocycles. The third-order valence-corrected chi connectivity index (χ3v) is 6.72. The largest absolute Gasteiger partial charge is 0.467 e. The second-order valence-electron chi connectivity index (χ2n) is 6.32. The maximum Gasteiger partial charge on any atom is 0.274 e. The molecule has 136 valence electrons. The molecule has 5 nitrogen and oxygen atoms in total. The van der Waals surface area contributed by atoms with Crippen LogP contribution in [0, 0.1) is 13.8 Å². The number of ether oxygens (including phenoxy) is 1. The number of amides is 1. The third-order valence-electron chi connectivity index (χ3n) is 4.44. The molecule has 1 aromatic carbocycles. The van der Waals surface area contributed by atoms with Crippen LogP contribution in [0.1, 0.15) is 33.2 Å². The van der Waals surface area contributed by atoms with Gasteiger partial charge in [-0.3, -0.25) is 4.79 Å². The maximum absolute atomic E-state index is 12.7. The van der Waals surface area contributed by atoms with E-state index in [4.69, 9.17) is 16.3 Å². The van der Waals surface area contributed by atoms with Gasteiger partial charge in [0.25, 0.3) is 11.1 Å². The average Bonchev–Trinajstić information content (AvgIpc) is 3.18. The Labute approximate surface area is 164 Å². The Morgan fingerprint density at radius 3 is 2.65 bits per heavy atom. The number of thiazole rings is 2. The van der Waals surface area contributed by atoms with Crippen LogP contribution < -0.4 is 4.74 Å². The van der Waals surface area contributed by atoms with E-state index in [1.54, 1.807) is 0 Å². The molecule has 2 aromatic heterocycles. The number of piperidine rings is 1. The van der Waals surface area contributed by atoms with Gasteiger partial charge in [-0.2, -0.15) is 0 Å². The summed E-state index contributed by atoms with van der Waals surface area (Å²) >= 11 is 9.16. The summed E-state index contributed by atoms with van der Waals surface area (Å²) in [7, 11) is 0. The summed E-state index contributed by atoms with van der Waals surface area (Å²) in [4.78, 5) is 24.2. The lowest BCUT2D eigenvalue weighted by molar-refractivity contribution is 0.0599. The molecular weight excluding hydrogens is 390 g/mol. The van der Waals surface area contributed by atoms with Crippen molar-refractivity contribution >= 4 is 50.4 Å². The molecule has 0 N–H and O–H groups in total. The van der Waals surface area contributed by atoms with E-state index < -0.39 is 0 Å². The Kier molecular flexibility index (Phi) is 4.86. The van der Waals surface area contributed by atoms with Gasteiger partial charge in [-0.05, 0) is 26.0 Å². The molecule has 0 spiro atoms. The van der Waals surface area contributed by atoms with Gasteiger partial charge in [-0.25, -0.2) is 9.97 Å². The number of likely N-dealkylation sites (tertiary alicyclic amines) is 1. The van der Waals surface area contributed by atoms with Gasteiger partial charge in [-0.1, -0.05) is 29.0 Å². The fraction of sp³-hybridized carbons (Fsp3) is 0.389. The Bertz CT molecular complexity index is 961. The Hall–Kier alpha value is -1.70. The zero-order valence-electron chi connectivity index (χ0n) is 14.5. The number of benzene rings is 1. The fourth-order valence-electron chi connectivity index (χ4n) is 3.14. The van der Waals surface area contributed by atoms with Crippen molar-refractivity contribution < 1.29 is 9.53 Å². The van der Waals surface area contributed by atoms with Crippen LogP contribution >= 0.6 is 34.3 Å². The Balaban J connectivity index is 1.39. The van der Waals surface area contributed by atoms with Crippen molar-refractivity contribution in [3.8, 4) is 5.19 Å². The molecule has 8 heteroatoms. The van der Waals surface area contributed by atoms with E-state index in [0.29, 0.717) is 23.3 Å². The summed E-state index contributed by atoms with van der Waals surface area (Å²) in [5.74, 6) is 0.0818. The van der Waals surface area contributed by atoms with Crippen LogP contribution in [0.4, 0.5) is 0 Å². The topological polar surface area (TPSA) is 55.3 Å². The minimum absolute atomic E-state index is 0.0719. The SMILES string of the molecule is Cc1nc(C)c(C(=O)N2CCC(Oc3nc4c(Cl)cccc4s3)CC2)s1. The number of carbonyl (C=O) groups excluding carboxylic acids is 1. The number of rotatable bonds is 3. The van der Waals surface area contributed by atoms with Crippen LogP contribution in [0.2, 0.25) is 5.02 Å². The number of carbonyl (C=O) groups is 1. The predicted octanol–water partition coefficient (Wildman–Crippen LogP) is 4.71. The number of para-hydroxylation sites is 1. The summed E-state index contributed by atoms with van der Waals surface area (Å²) in [5, 5.41) is 2.22. The molecule has 1 saturated heterocycles. The summed E-state index contributed by atoms with van der Waals surface area (Å²) in [5.41, 5.74) is 1.61. The van der Waals surface area contributed by atoms with Crippen LogP contribution in [0.5, 0.6) is 5.19 Å². The first-order chi connectivity index (χ1) is 12.5. The van der Waals surface area contributed by atoms with Crippen molar-refractivity contribution in [2.24, 2.45) is 0 Å². The molecule has 1 aliphatic heterocycles. The fourth-order valence-corrected chi connectivity index (χ4v) is 5.21. The number of hydrogen-bond acceptors (Lipinski definition) is 6. The predicted molar refractivity (Wildman–Crippen MR) is 106 cm³/mol. The third kappa shape index (κ3) is 3.43. The first kappa shape index (κ1) is 17.7. The highest BCUT2D eigenvalue weighted by molar-refractivity contribution is 7.20. The zero-order chi connectivity index (χ0) is 18.3. The van der Waals surface area contributed by atoms with Crippen LogP contribution in [0.3, 0.4) is 0 Å². The van der Waals surface area contributed by atoms with Crippen molar-refractivity contribution in [2.75, 3.05) is 13.1 Å². The van der Waals surface area contributed by atoms with Gasteiger partial charge in [0, 0.05) is 25.9 Å². The van der Waals surface area contributed by atoms with E-state index in [1.807, 2.05) is 36.9 Å². The number of nitrogens with zero attached hydrogens (tertiary/aromatic N) is 3. The van der Waals surface area contributed by atoms with Gasteiger partial charge in [0.2, 0.25) is 0 Å². The minimum Gasteiger partial charge on any atom is -0.467 e. The normalized spacial score (nSPS) is 15.6. The van der Waals surface area contributed by atoms with Crippen LogP contribution in [0.15, 0.2) is 18.2 Å². The molecule has 0 unspecified atom stereocenters. The Morgan fingerprint density at radius 2 is 2.00 bits per heavy atom. The molecule has 1 amide bonds. The van der Waals surface area contributed by atoms with E-state index >= 15 is 0 Å². The summed E-state index contributed by atoms with van der Waals surface area (Å²) in [6.45, 7) is 5.20. The van der Waals surface area contributed by atoms with Crippen LogP contribution in [-0.4, -0.2) is 40.0 Å². The first-order valence-electron chi connectivity index (χ1n) is 8.46. The van der Waals surface area contributed by atoms with Gasteiger partial charge < -0.3 is 9.64 Å². The van der Waals surface area contributed by atoms with Crippen molar-refractivity contribution in [3.05, 3.63) is 38.8 Å². The second-order valence-corrected chi connectivity index (χ2v) is 8.93. The first-order valence-corrected chi connectivity index (χ1v) is 10.5. The molecule has 1 aliphatic rings. The van der Waals surface area contributed by atoms with E-state index in [9.17, 15) is 4.79 Å². The van der Waals surface area contributed by atoms with E-state index in [2.05, 4.69) is 9.97 Å². The monoisotopic (exact) mass is 407 g/mol. The number of aryl methyl sites for hydroxylation is 2. The number of halogens is 1. The van der Waals surface area contributed by atoms with Gasteiger partial charge in [0.05, 0.1) is 20.4 Å². The molecule has 3 aromatic rings. The smallest absolute Gasteiger partial charge is 0.274 e. The molecule has 0 bridgehead atoms. The van der Waals surface area contributed by atoms with E-state index in [0.717, 1.165) is 38.6 Å². The highest BCUT2D eigenvalue weighted by Crippen LogP contribution is 2.33. The minimum atomic E-state index is 0.0719. The molecule has 26 heavy (non-hydrogen) atoms. The molecule has 4 rings (SSSR count). The second kappa shape index (κ2) is 7.13. The average molecular weight is 408 g/mol. The molecule has 1 fully saturated rings. The highest BCUT2D eigenvalue weighted by atomic mass is 35.5. The van der Waals surface area contributed by atoms with Gasteiger partial charge >= 0.3 is 0 Å². The highest BCUT2D eigenvalue weighted by Gasteiger charge is 2.27. The Morgan fingerprint density at radius 1 is 1.23 bits per heavy atom. The summed E-state index contributed by atoms with van der Waals surface area (Å²) in [6.07, 6.45) is 1.67. The lowest BCUT2D eigenvalue weighted by Gasteiger charge is -2.31. The summed E-state index contributed by atoms with van der Waals surface area (Å²) < 4.78 is 7.08. The lowest BCUT2D eigenvalue weighted by Crippen LogP contribution is -2.41. The van der Waals surface area contributed by atoms with Crippen molar-refractivity contribution in [2.45, 2.75) is 32.8 Å². The van der Waals surface area contributed by atoms with Gasteiger partial charge in [-0.15, -0.1) is 11.3 Å². The lowest BCUT2D eigenvalue weighted by atomic mass is 10.1. The van der Waals surface area contributed by atoms with Crippen molar-refractivity contribution in [1.29, 1.82) is 0 Å². The van der Waals surface area contributed by atoms with Crippen LogP contribution in [-0.2, 0) is 0 Å². The van der Waals surface area contributed by atoms with Crippen molar-refractivity contribution in [3.63, 3.8) is 0 Å². The van der Waals surface area contributed by atoms with Crippen molar-refractivity contribution in [1.82, 2.24) is 14.9 Å². The number of hydrogen-bond donors (Lipinski definition) is 0. The molecule has 0 saturated carbocycles. The standard InChI is InChI=1S/C18H18ClN3O2S2/c1-10-16(25-11(2)20-10)17(23)22-8-6-12(7-9-22)24-18-21-15-13(19)4-3-5-14(15)26-18/h3-5,12H,6-9H2,1-2H3. The van der Waals surface area contributed by atoms with Gasteiger partial charge in [0.15, 0.2) is 0 Å². The van der Waals surface area contributed by atoms with Crippen LogP contribution in [0.25, 0.3) is 10.2 Å². The van der Waals surface area contributed by atoms with E-state index in [1.165, 1.54) is 22.7 Å². The zero-order valence-corrected chi connectivity index (χ0v) is 16.9. The number of aromatic nitrogens is 2.